The summed E-state index contributed by atoms with van der Waals surface area (Å²) in [7, 11) is 0. The molecule has 1 fully saturated rings. The van der Waals surface area contributed by atoms with Gasteiger partial charge in [0.15, 0.2) is 0 Å². The molecule has 2 bridgehead atoms. The molecule has 2 N–H and O–H groups in total. The van der Waals surface area contributed by atoms with E-state index in [2.05, 4.69) is 19.1 Å². The van der Waals surface area contributed by atoms with E-state index in [0.717, 1.165) is 31.2 Å². The molecule has 1 saturated carbocycles. The summed E-state index contributed by atoms with van der Waals surface area (Å²) >= 11 is 0. The summed E-state index contributed by atoms with van der Waals surface area (Å²) in [6.07, 6.45) is 8.48. The molecule has 5 atom stereocenters. The van der Waals surface area contributed by atoms with Gasteiger partial charge in [0, 0.05) is 12.5 Å². The molecule has 2 heteroatoms. The number of benzene rings is 1. The highest BCUT2D eigenvalue weighted by atomic mass is 16.3. The van der Waals surface area contributed by atoms with Crippen LogP contribution >= 0.6 is 0 Å². The van der Waals surface area contributed by atoms with Crippen LogP contribution in [0.2, 0.25) is 0 Å². The first-order valence-corrected chi connectivity index (χ1v) is 8.27. The lowest BCUT2D eigenvalue weighted by molar-refractivity contribution is -0.0718. The Morgan fingerprint density at radius 2 is 1.86 bits per heavy atom. The van der Waals surface area contributed by atoms with E-state index in [1.165, 1.54) is 0 Å². The molecule has 0 amide bonds. The van der Waals surface area contributed by atoms with E-state index >= 15 is 0 Å². The topological polar surface area (TPSA) is 40.5 Å². The average molecular weight is 286 g/mol. The van der Waals surface area contributed by atoms with Crippen LogP contribution in [-0.4, -0.2) is 16.8 Å². The van der Waals surface area contributed by atoms with Gasteiger partial charge in [-0.2, -0.15) is 0 Å². The average Bonchev–Trinajstić information content (AvgIpc) is 3.14. The van der Waals surface area contributed by atoms with Gasteiger partial charge in [-0.15, -0.1) is 0 Å². The van der Waals surface area contributed by atoms with Gasteiger partial charge >= 0.3 is 0 Å². The maximum absolute atomic E-state index is 11.6. The number of allylic oxidation sites excluding steroid dienone is 2. The molecule has 3 rings (SSSR count). The maximum atomic E-state index is 11.6. The van der Waals surface area contributed by atoms with E-state index in [1.54, 1.807) is 0 Å². The first-order valence-electron chi connectivity index (χ1n) is 8.27. The summed E-state index contributed by atoms with van der Waals surface area (Å²) in [4.78, 5) is 0. The quantitative estimate of drug-likeness (QED) is 0.786. The fourth-order valence-electron chi connectivity index (χ4n) is 4.56. The van der Waals surface area contributed by atoms with Gasteiger partial charge in [0.1, 0.15) is 0 Å². The number of unbranched alkanes of at least 4 members (excludes halogenated alkanes) is 1. The van der Waals surface area contributed by atoms with Crippen molar-refractivity contribution in [1.82, 2.24) is 0 Å². The van der Waals surface area contributed by atoms with Crippen LogP contribution in [0.25, 0.3) is 0 Å². The Hall–Kier alpha value is -1.12. The van der Waals surface area contributed by atoms with Gasteiger partial charge in [-0.1, -0.05) is 62.2 Å². The van der Waals surface area contributed by atoms with Gasteiger partial charge in [0.25, 0.3) is 0 Å². The third-order valence-corrected chi connectivity index (χ3v) is 5.57. The number of rotatable bonds is 6. The molecule has 0 radical (unpaired) electrons. The fourth-order valence-corrected chi connectivity index (χ4v) is 4.56. The minimum absolute atomic E-state index is 0.145. The van der Waals surface area contributed by atoms with E-state index in [4.69, 9.17) is 0 Å². The maximum Gasteiger partial charge on any atom is 0.0933 e. The van der Waals surface area contributed by atoms with Gasteiger partial charge in [0.2, 0.25) is 0 Å². The van der Waals surface area contributed by atoms with Gasteiger partial charge < -0.3 is 10.2 Å². The van der Waals surface area contributed by atoms with Crippen LogP contribution in [-0.2, 0) is 5.60 Å². The van der Waals surface area contributed by atoms with Crippen molar-refractivity contribution in [3.63, 3.8) is 0 Å². The van der Waals surface area contributed by atoms with Crippen molar-refractivity contribution in [1.29, 1.82) is 0 Å². The number of fused-ring (bicyclic) bond motifs is 2. The Bertz CT molecular complexity index is 496. The van der Waals surface area contributed by atoms with Crippen molar-refractivity contribution in [3.8, 4) is 0 Å². The minimum Gasteiger partial charge on any atom is -0.396 e. The van der Waals surface area contributed by atoms with E-state index < -0.39 is 5.60 Å². The third-order valence-electron chi connectivity index (χ3n) is 5.57. The normalized spacial score (nSPS) is 33.3. The van der Waals surface area contributed by atoms with E-state index in [-0.39, 0.29) is 18.4 Å². The summed E-state index contributed by atoms with van der Waals surface area (Å²) in [5.74, 6) is 1.20. The van der Waals surface area contributed by atoms with Crippen molar-refractivity contribution in [3.05, 3.63) is 48.0 Å². The van der Waals surface area contributed by atoms with Crippen LogP contribution in [0.3, 0.4) is 0 Å². The molecule has 114 valence electrons. The first-order chi connectivity index (χ1) is 10.2. The van der Waals surface area contributed by atoms with Crippen molar-refractivity contribution in [2.24, 2.45) is 23.7 Å². The molecule has 0 aromatic heterocycles. The van der Waals surface area contributed by atoms with Gasteiger partial charge in [0.05, 0.1) is 5.60 Å². The highest BCUT2D eigenvalue weighted by molar-refractivity contribution is 5.28. The van der Waals surface area contributed by atoms with Crippen LogP contribution in [0, 0.1) is 23.7 Å². The Morgan fingerprint density at radius 1 is 1.14 bits per heavy atom. The molecule has 1 aromatic carbocycles. The van der Waals surface area contributed by atoms with E-state index in [0.29, 0.717) is 11.8 Å². The second-order valence-corrected chi connectivity index (χ2v) is 6.71. The molecule has 0 unspecified atom stereocenters. The van der Waals surface area contributed by atoms with Gasteiger partial charge in [-0.3, -0.25) is 0 Å². The monoisotopic (exact) mass is 286 g/mol. The molecule has 2 nitrogen and oxygen atoms in total. The lowest BCUT2D eigenvalue weighted by atomic mass is 9.67. The molecular weight excluding hydrogens is 260 g/mol. The minimum atomic E-state index is -0.811. The Morgan fingerprint density at radius 3 is 2.52 bits per heavy atom. The molecule has 0 saturated heterocycles. The predicted molar refractivity (Wildman–Crippen MR) is 84.7 cm³/mol. The van der Waals surface area contributed by atoms with Crippen molar-refractivity contribution >= 4 is 0 Å². The molecule has 0 spiro atoms. The molecule has 21 heavy (non-hydrogen) atoms. The molecular formula is C19H26O2. The number of aliphatic hydroxyl groups excluding tert-OH is 1. The fraction of sp³-hybridized carbons (Fsp3) is 0.579. The largest absolute Gasteiger partial charge is 0.396 e. The summed E-state index contributed by atoms with van der Waals surface area (Å²) in [5.41, 5.74) is 0.206. The molecule has 2 aliphatic carbocycles. The second kappa shape index (κ2) is 5.94. The highest BCUT2D eigenvalue weighted by Crippen LogP contribution is 2.56. The molecule has 0 aliphatic heterocycles. The summed E-state index contributed by atoms with van der Waals surface area (Å²) in [6.45, 7) is 2.34. The van der Waals surface area contributed by atoms with Crippen LogP contribution < -0.4 is 0 Å². The zero-order valence-electron chi connectivity index (χ0n) is 12.8. The second-order valence-electron chi connectivity index (χ2n) is 6.71. The van der Waals surface area contributed by atoms with E-state index in [1.807, 2.05) is 30.3 Å². The van der Waals surface area contributed by atoms with Crippen molar-refractivity contribution in [2.45, 2.75) is 38.2 Å². The number of hydrogen-bond acceptors (Lipinski definition) is 2. The smallest absolute Gasteiger partial charge is 0.0933 e. The summed E-state index contributed by atoms with van der Waals surface area (Å²) in [5, 5.41) is 21.4. The SMILES string of the molecule is CCCC[C@](O)(c1ccccc1)[C@H]1[C@@H](CO)[C@H]2C=C[C@@H]1C2. The van der Waals surface area contributed by atoms with Crippen molar-refractivity contribution < 1.29 is 10.2 Å². The van der Waals surface area contributed by atoms with Crippen LogP contribution in [0.1, 0.15) is 38.2 Å². The van der Waals surface area contributed by atoms with Crippen molar-refractivity contribution in [2.75, 3.05) is 6.61 Å². The first kappa shape index (κ1) is 14.8. The Labute approximate surface area is 127 Å². The molecule has 2 aliphatic rings. The number of aliphatic hydroxyl groups is 2. The standard InChI is InChI=1S/C19H26O2/c1-2-3-11-19(21,16-7-5-4-6-8-16)18-15-10-9-14(12-15)17(18)13-20/h4-10,14-15,17-18,20-21H,2-3,11-13H2,1H3/t14-,15+,17-,18+,19-/m0/s1. The Balaban J connectivity index is 1.97. The van der Waals surface area contributed by atoms with Gasteiger partial charge in [-0.25, -0.2) is 0 Å². The number of hydrogen-bond donors (Lipinski definition) is 2. The van der Waals surface area contributed by atoms with Gasteiger partial charge in [-0.05, 0) is 36.2 Å². The zero-order valence-corrected chi connectivity index (χ0v) is 12.8. The Kier molecular flexibility index (Phi) is 4.19. The predicted octanol–water partition coefficient (Wildman–Crippen LogP) is 3.50. The zero-order chi connectivity index (χ0) is 14.9. The third kappa shape index (κ3) is 2.45. The van der Waals surface area contributed by atoms with Crippen LogP contribution in [0.15, 0.2) is 42.5 Å². The van der Waals surface area contributed by atoms with Crippen LogP contribution in [0.5, 0.6) is 0 Å². The lowest BCUT2D eigenvalue weighted by Gasteiger charge is -2.42. The van der Waals surface area contributed by atoms with E-state index in [9.17, 15) is 10.2 Å². The van der Waals surface area contributed by atoms with Crippen LogP contribution in [0.4, 0.5) is 0 Å². The highest BCUT2D eigenvalue weighted by Gasteiger charge is 2.53. The molecule has 0 heterocycles. The lowest BCUT2D eigenvalue weighted by Crippen LogP contribution is -2.43. The summed E-state index contributed by atoms with van der Waals surface area (Å²) < 4.78 is 0. The summed E-state index contributed by atoms with van der Waals surface area (Å²) in [6, 6.07) is 10.1. The molecule has 1 aromatic rings.